The van der Waals surface area contributed by atoms with Crippen molar-refractivity contribution >= 4 is 16.7 Å². The number of hydrogen-bond acceptors (Lipinski definition) is 3. The molecule has 4 fully saturated rings. The van der Waals surface area contributed by atoms with Gasteiger partial charge in [-0.15, -0.1) is 0 Å². The minimum atomic E-state index is -0.454. The fourth-order valence-electron chi connectivity index (χ4n) is 6.54. The molecule has 0 amide bonds. The Morgan fingerprint density at radius 1 is 1.28 bits per heavy atom. The average molecular weight is 365 g/mol. The van der Waals surface area contributed by atoms with E-state index in [0.717, 1.165) is 12.8 Å². The second-order valence-electron chi connectivity index (χ2n) is 10.2. The molecule has 25 heavy (non-hydrogen) atoms. The quantitative estimate of drug-likeness (QED) is 0.569. The van der Waals surface area contributed by atoms with E-state index in [-0.39, 0.29) is 27.7 Å². The molecule has 3 nitrogen and oxygen atoms in total. The van der Waals surface area contributed by atoms with Crippen molar-refractivity contribution in [1.29, 1.82) is 0 Å². The third kappa shape index (κ3) is 2.42. The highest BCUT2D eigenvalue weighted by Gasteiger charge is 2.75. The minimum Gasteiger partial charge on any atom is -0.605 e. The number of rotatable bonds is 3. The second-order valence-corrected chi connectivity index (χ2v) is 12.5. The molecule has 0 aromatic rings. The molecule has 0 spiro atoms. The summed E-state index contributed by atoms with van der Waals surface area (Å²) in [7, 11) is -0.108. The summed E-state index contributed by atoms with van der Waals surface area (Å²) < 4.78 is 5.60. The van der Waals surface area contributed by atoms with Gasteiger partial charge in [-0.3, -0.25) is 4.79 Å². The molecule has 3 saturated carbocycles. The maximum absolute atomic E-state index is 13.2. The summed E-state index contributed by atoms with van der Waals surface area (Å²) >= 11 is 0. The first kappa shape index (κ1) is 17.8. The second kappa shape index (κ2) is 5.43. The van der Waals surface area contributed by atoms with Crippen molar-refractivity contribution in [3.05, 3.63) is 11.4 Å². The van der Waals surface area contributed by atoms with Crippen LogP contribution in [0.1, 0.15) is 73.1 Å². The predicted octanol–water partition coefficient (Wildman–Crippen LogP) is 3.53. The Labute approximate surface area is 154 Å². The van der Waals surface area contributed by atoms with Crippen molar-refractivity contribution in [3.8, 4) is 0 Å². The van der Waals surface area contributed by atoms with Gasteiger partial charge in [0.25, 0.3) is 0 Å². The van der Waals surface area contributed by atoms with E-state index in [2.05, 4.69) is 13.8 Å². The zero-order valence-electron chi connectivity index (χ0n) is 16.3. The van der Waals surface area contributed by atoms with Gasteiger partial charge in [-0.05, 0) is 37.0 Å². The summed E-state index contributed by atoms with van der Waals surface area (Å²) in [5.41, 5.74) is -0.546. The molecule has 1 aliphatic heterocycles. The lowest BCUT2D eigenvalue weighted by atomic mass is 9.64. The van der Waals surface area contributed by atoms with Crippen molar-refractivity contribution in [2.75, 3.05) is 0 Å². The zero-order valence-corrected chi connectivity index (χ0v) is 17.1. The lowest BCUT2D eigenvalue weighted by Gasteiger charge is -2.43. The van der Waals surface area contributed by atoms with Crippen LogP contribution < -0.4 is 5.11 Å². The van der Waals surface area contributed by atoms with Gasteiger partial charge in [0.2, 0.25) is 0 Å². The van der Waals surface area contributed by atoms with Gasteiger partial charge in [-0.1, -0.05) is 34.6 Å². The van der Waals surface area contributed by atoms with E-state index < -0.39 is 5.60 Å². The first-order valence-corrected chi connectivity index (χ1v) is 11.3. The monoisotopic (exact) mass is 364 g/mol. The Kier molecular flexibility index (Phi) is 3.86. The SMILES string of the molecule is CC(C)(C)O/C([O-])=C/[S+]1C([C@@]23CC[C@@H](CC2=O)C3(C)C)[C@H]2CC[C@@H]1C2. The van der Waals surface area contributed by atoms with E-state index in [1.54, 1.807) is 0 Å². The van der Waals surface area contributed by atoms with Crippen molar-refractivity contribution in [3.63, 3.8) is 0 Å². The van der Waals surface area contributed by atoms with Crippen LogP contribution in [0.15, 0.2) is 11.4 Å². The van der Waals surface area contributed by atoms with Gasteiger partial charge in [-0.2, -0.15) is 0 Å². The summed E-state index contributed by atoms with van der Waals surface area (Å²) in [5.74, 6) is 1.50. The normalized spacial score (nSPS) is 45.4. The minimum absolute atomic E-state index is 0.0895. The molecular weight excluding hydrogens is 332 g/mol. The Hall–Kier alpha value is -0.640. The predicted molar refractivity (Wildman–Crippen MR) is 99.8 cm³/mol. The third-order valence-electron chi connectivity index (χ3n) is 7.64. The molecule has 140 valence electrons. The van der Waals surface area contributed by atoms with Crippen molar-refractivity contribution in [1.82, 2.24) is 0 Å². The van der Waals surface area contributed by atoms with Crippen LogP contribution in [-0.4, -0.2) is 21.9 Å². The molecular formula is C21H32O3S. The number of ether oxygens (including phenoxy) is 1. The molecule has 0 N–H and O–H groups in total. The number of carbonyl (C=O) groups excluding carboxylic acids is 1. The molecule has 0 aromatic carbocycles. The number of fused-ring (bicyclic) bond motifs is 4. The van der Waals surface area contributed by atoms with Crippen LogP contribution >= 0.6 is 0 Å². The maximum atomic E-state index is 13.2. The van der Waals surface area contributed by atoms with Crippen LogP contribution in [0.3, 0.4) is 0 Å². The Morgan fingerprint density at radius 3 is 2.56 bits per heavy atom. The van der Waals surface area contributed by atoms with Gasteiger partial charge in [0.05, 0.1) is 5.41 Å². The van der Waals surface area contributed by atoms with E-state index in [1.807, 2.05) is 26.2 Å². The number of Topliss-reactive ketones (excluding diaryl/α,β-unsaturated/α-hetero) is 1. The summed E-state index contributed by atoms with van der Waals surface area (Å²) in [4.78, 5) is 13.2. The molecule has 4 heteroatoms. The van der Waals surface area contributed by atoms with Crippen molar-refractivity contribution in [2.24, 2.45) is 22.7 Å². The molecule has 1 saturated heterocycles. The standard InChI is InChI=1S/C21H32O3S/c1-19(2,3)24-17(23)12-25-15-7-6-13(10-15)18(25)21-9-8-14(11-16(21)22)20(21,4)5/h12-15,18H,6-11H2,1-5H3/b17-12+/t13-,14-,15+,18?,21+,25?/m0/s1. The number of ketones is 1. The van der Waals surface area contributed by atoms with E-state index in [4.69, 9.17) is 4.74 Å². The first-order chi connectivity index (χ1) is 11.6. The first-order valence-electron chi connectivity index (χ1n) is 9.88. The van der Waals surface area contributed by atoms with Gasteiger partial charge in [0.1, 0.15) is 27.6 Å². The largest absolute Gasteiger partial charge is 0.605 e. The van der Waals surface area contributed by atoms with Gasteiger partial charge in [0, 0.05) is 35.3 Å². The van der Waals surface area contributed by atoms with Crippen LogP contribution in [0.4, 0.5) is 0 Å². The van der Waals surface area contributed by atoms with Crippen LogP contribution in [0.25, 0.3) is 0 Å². The fourth-order valence-corrected chi connectivity index (χ4v) is 10.2. The highest BCUT2D eigenvalue weighted by molar-refractivity contribution is 8.01. The number of hydrogen-bond donors (Lipinski definition) is 0. The fraction of sp³-hybridized carbons (Fsp3) is 0.857. The van der Waals surface area contributed by atoms with Crippen LogP contribution in [0, 0.1) is 22.7 Å². The molecule has 2 unspecified atom stereocenters. The van der Waals surface area contributed by atoms with Crippen molar-refractivity contribution < 1.29 is 14.6 Å². The lowest BCUT2D eigenvalue weighted by molar-refractivity contribution is -0.368. The Morgan fingerprint density at radius 2 is 2.00 bits per heavy atom. The molecule has 6 atom stereocenters. The molecule has 4 bridgehead atoms. The maximum Gasteiger partial charge on any atom is 0.144 e. The van der Waals surface area contributed by atoms with Crippen LogP contribution in [0.2, 0.25) is 0 Å². The Balaban J connectivity index is 1.71. The highest BCUT2D eigenvalue weighted by Crippen LogP contribution is 2.70. The molecule has 3 aliphatic carbocycles. The van der Waals surface area contributed by atoms with Crippen LogP contribution in [-0.2, 0) is 20.4 Å². The van der Waals surface area contributed by atoms with Gasteiger partial charge < -0.3 is 9.84 Å². The van der Waals surface area contributed by atoms with E-state index in [1.165, 1.54) is 25.7 Å². The topological polar surface area (TPSA) is 49.4 Å². The smallest absolute Gasteiger partial charge is 0.144 e. The Bertz CT molecular complexity index is 617. The summed E-state index contributed by atoms with van der Waals surface area (Å²) in [6.07, 6.45) is 6.68. The van der Waals surface area contributed by atoms with E-state index in [0.29, 0.717) is 28.1 Å². The molecule has 1 heterocycles. The molecule has 0 aromatic heterocycles. The van der Waals surface area contributed by atoms with Gasteiger partial charge >= 0.3 is 0 Å². The average Bonchev–Trinajstić information content (AvgIpc) is 3.15. The zero-order chi connectivity index (χ0) is 18.2. The third-order valence-corrected chi connectivity index (χ3v) is 10.7. The molecule has 4 aliphatic rings. The van der Waals surface area contributed by atoms with Crippen LogP contribution in [0.5, 0.6) is 0 Å². The van der Waals surface area contributed by atoms with E-state index in [9.17, 15) is 9.90 Å². The van der Waals surface area contributed by atoms with Gasteiger partial charge in [0.15, 0.2) is 0 Å². The van der Waals surface area contributed by atoms with Gasteiger partial charge in [-0.25, -0.2) is 0 Å². The highest BCUT2D eigenvalue weighted by atomic mass is 32.2. The number of carbonyl (C=O) groups is 1. The lowest BCUT2D eigenvalue weighted by Crippen LogP contribution is -2.52. The summed E-state index contributed by atoms with van der Waals surface area (Å²) in [6, 6.07) is 0. The van der Waals surface area contributed by atoms with Crippen molar-refractivity contribution in [2.45, 2.75) is 89.2 Å². The molecule has 4 rings (SSSR count). The van der Waals surface area contributed by atoms with E-state index >= 15 is 0 Å². The summed E-state index contributed by atoms with van der Waals surface area (Å²) in [6.45, 7) is 10.4. The molecule has 0 radical (unpaired) electrons. The summed E-state index contributed by atoms with van der Waals surface area (Å²) in [5, 5.41) is 15.4.